The molecule has 0 unspecified atom stereocenters. The van der Waals surface area contributed by atoms with E-state index in [2.05, 4.69) is 36.3 Å². The summed E-state index contributed by atoms with van der Waals surface area (Å²) in [5, 5.41) is 3.41. The van der Waals surface area contributed by atoms with Crippen molar-refractivity contribution >= 4 is 0 Å². The Balaban J connectivity index is 2.20. The van der Waals surface area contributed by atoms with E-state index >= 15 is 0 Å². The lowest BCUT2D eigenvalue weighted by Gasteiger charge is -2.01. The Morgan fingerprint density at radius 3 is 2.62 bits per heavy atom. The fourth-order valence-corrected chi connectivity index (χ4v) is 1.32. The zero-order chi connectivity index (χ0) is 9.52. The summed E-state index contributed by atoms with van der Waals surface area (Å²) in [5.41, 5.74) is 2.63. The maximum atomic E-state index is 3.41. The summed E-state index contributed by atoms with van der Waals surface area (Å²) < 4.78 is 0. The van der Waals surface area contributed by atoms with E-state index in [1.807, 2.05) is 0 Å². The standard InChI is InChI=1S/C11H20N2/c1-3-5-8-12-9-11-7-6-10(4-2)13-11/h6-7,12-13H,3-5,8-9H2,1-2H3. The largest absolute Gasteiger partial charge is 0.361 e. The molecule has 0 aliphatic carbocycles. The molecule has 0 fully saturated rings. The van der Waals surface area contributed by atoms with Crippen LogP contribution in [-0.2, 0) is 13.0 Å². The van der Waals surface area contributed by atoms with Gasteiger partial charge in [0.05, 0.1) is 0 Å². The lowest BCUT2D eigenvalue weighted by molar-refractivity contribution is 0.634. The van der Waals surface area contributed by atoms with Crippen LogP contribution in [0.2, 0.25) is 0 Å². The second-order valence-electron chi connectivity index (χ2n) is 3.39. The second kappa shape index (κ2) is 5.81. The maximum Gasteiger partial charge on any atom is 0.0357 e. The number of H-pyrrole nitrogens is 1. The van der Waals surface area contributed by atoms with Crippen LogP contribution in [0.3, 0.4) is 0 Å². The fourth-order valence-electron chi connectivity index (χ4n) is 1.32. The van der Waals surface area contributed by atoms with Crippen molar-refractivity contribution in [3.63, 3.8) is 0 Å². The Bertz CT molecular complexity index is 228. The molecule has 2 heteroatoms. The van der Waals surface area contributed by atoms with Crippen LogP contribution >= 0.6 is 0 Å². The molecule has 2 N–H and O–H groups in total. The molecule has 0 radical (unpaired) electrons. The third-order valence-corrected chi connectivity index (χ3v) is 2.21. The van der Waals surface area contributed by atoms with Crippen LogP contribution in [0.1, 0.15) is 38.1 Å². The topological polar surface area (TPSA) is 27.8 Å². The predicted octanol–water partition coefficient (Wildman–Crippen LogP) is 2.47. The lowest BCUT2D eigenvalue weighted by Crippen LogP contribution is -2.14. The van der Waals surface area contributed by atoms with E-state index in [4.69, 9.17) is 0 Å². The quantitative estimate of drug-likeness (QED) is 0.647. The molecule has 2 nitrogen and oxygen atoms in total. The molecule has 1 aromatic heterocycles. The van der Waals surface area contributed by atoms with Crippen LogP contribution < -0.4 is 5.32 Å². The van der Waals surface area contributed by atoms with Gasteiger partial charge in [0.25, 0.3) is 0 Å². The number of hydrogen-bond donors (Lipinski definition) is 2. The molecule has 0 atom stereocenters. The molecule has 0 spiro atoms. The fraction of sp³-hybridized carbons (Fsp3) is 0.636. The molecule has 0 saturated heterocycles. The van der Waals surface area contributed by atoms with Crippen molar-refractivity contribution in [1.29, 1.82) is 0 Å². The first-order valence-electron chi connectivity index (χ1n) is 5.24. The van der Waals surface area contributed by atoms with Gasteiger partial charge in [0, 0.05) is 17.9 Å². The van der Waals surface area contributed by atoms with Gasteiger partial charge in [-0.05, 0) is 31.5 Å². The SMILES string of the molecule is CCCCNCc1ccc(CC)[nH]1. The Kier molecular flexibility index (Phi) is 4.61. The number of unbranched alkanes of at least 4 members (excludes halogenated alkanes) is 1. The average Bonchev–Trinajstić information content (AvgIpc) is 2.60. The van der Waals surface area contributed by atoms with E-state index in [0.717, 1.165) is 19.5 Å². The van der Waals surface area contributed by atoms with Crippen LogP contribution in [0.4, 0.5) is 0 Å². The van der Waals surface area contributed by atoms with Crippen LogP contribution in [0.5, 0.6) is 0 Å². The predicted molar refractivity (Wildman–Crippen MR) is 56.8 cm³/mol. The van der Waals surface area contributed by atoms with Crippen molar-refractivity contribution in [1.82, 2.24) is 10.3 Å². The number of hydrogen-bond acceptors (Lipinski definition) is 1. The Morgan fingerprint density at radius 2 is 2.00 bits per heavy atom. The molecule has 1 rings (SSSR count). The van der Waals surface area contributed by atoms with Gasteiger partial charge >= 0.3 is 0 Å². The number of nitrogens with one attached hydrogen (secondary N) is 2. The summed E-state index contributed by atoms with van der Waals surface area (Å²) in [6.07, 6.45) is 3.62. The first-order valence-corrected chi connectivity index (χ1v) is 5.24. The summed E-state index contributed by atoms with van der Waals surface area (Å²) in [4.78, 5) is 3.38. The normalized spacial score (nSPS) is 10.6. The first kappa shape index (κ1) is 10.3. The van der Waals surface area contributed by atoms with Gasteiger partial charge in [-0.15, -0.1) is 0 Å². The van der Waals surface area contributed by atoms with Crippen LogP contribution in [0.25, 0.3) is 0 Å². The minimum absolute atomic E-state index is 0.972. The van der Waals surface area contributed by atoms with Crippen molar-refractivity contribution in [2.45, 2.75) is 39.7 Å². The highest BCUT2D eigenvalue weighted by Crippen LogP contribution is 2.01. The highest BCUT2D eigenvalue weighted by atomic mass is 14.9. The van der Waals surface area contributed by atoms with Crippen molar-refractivity contribution in [2.75, 3.05) is 6.54 Å². The zero-order valence-electron chi connectivity index (χ0n) is 8.69. The van der Waals surface area contributed by atoms with Crippen molar-refractivity contribution in [2.24, 2.45) is 0 Å². The van der Waals surface area contributed by atoms with Crippen molar-refractivity contribution in [3.05, 3.63) is 23.5 Å². The summed E-state index contributed by atoms with van der Waals surface area (Å²) in [5.74, 6) is 0. The molecule has 1 heterocycles. The van der Waals surface area contributed by atoms with Gasteiger partial charge in [-0.3, -0.25) is 0 Å². The summed E-state index contributed by atoms with van der Waals surface area (Å²) >= 11 is 0. The van der Waals surface area contributed by atoms with Crippen molar-refractivity contribution in [3.8, 4) is 0 Å². The average molecular weight is 180 g/mol. The van der Waals surface area contributed by atoms with Gasteiger partial charge in [-0.25, -0.2) is 0 Å². The number of aryl methyl sites for hydroxylation is 1. The van der Waals surface area contributed by atoms with Crippen LogP contribution in [0.15, 0.2) is 12.1 Å². The Hall–Kier alpha value is -0.760. The van der Waals surface area contributed by atoms with E-state index in [0.29, 0.717) is 0 Å². The molecule has 74 valence electrons. The molecule has 13 heavy (non-hydrogen) atoms. The van der Waals surface area contributed by atoms with E-state index in [1.54, 1.807) is 0 Å². The third kappa shape index (κ3) is 3.64. The lowest BCUT2D eigenvalue weighted by atomic mass is 10.3. The first-order chi connectivity index (χ1) is 6.36. The highest BCUT2D eigenvalue weighted by Gasteiger charge is 1.95. The van der Waals surface area contributed by atoms with Gasteiger partial charge < -0.3 is 10.3 Å². The molecular weight excluding hydrogens is 160 g/mol. The number of aromatic amines is 1. The highest BCUT2D eigenvalue weighted by molar-refractivity contribution is 5.12. The van der Waals surface area contributed by atoms with E-state index in [-0.39, 0.29) is 0 Å². The van der Waals surface area contributed by atoms with E-state index < -0.39 is 0 Å². The molecule has 0 aromatic carbocycles. The number of aromatic nitrogens is 1. The second-order valence-corrected chi connectivity index (χ2v) is 3.39. The van der Waals surface area contributed by atoms with Gasteiger partial charge in [0.1, 0.15) is 0 Å². The van der Waals surface area contributed by atoms with Crippen molar-refractivity contribution < 1.29 is 0 Å². The third-order valence-electron chi connectivity index (χ3n) is 2.21. The van der Waals surface area contributed by atoms with Crippen LogP contribution in [-0.4, -0.2) is 11.5 Å². The molecule has 0 aliphatic heterocycles. The molecule has 0 saturated carbocycles. The Labute approximate surface area is 80.7 Å². The molecule has 1 aromatic rings. The van der Waals surface area contributed by atoms with E-state index in [1.165, 1.54) is 24.2 Å². The maximum absolute atomic E-state index is 3.41. The molecule has 0 aliphatic rings. The molecular formula is C11H20N2. The molecule has 0 amide bonds. The monoisotopic (exact) mass is 180 g/mol. The number of rotatable bonds is 6. The van der Waals surface area contributed by atoms with Gasteiger partial charge in [-0.2, -0.15) is 0 Å². The van der Waals surface area contributed by atoms with E-state index in [9.17, 15) is 0 Å². The minimum Gasteiger partial charge on any atom is -0.361 e. The summed E-state index contributed by atoms with van der Waals surface area (Å²) in [7, 11) is 0. The van der Waals surface area contributed by atoms with Gasteiger partial charge in [0.15, 0.2) is 0 Å². The smallest absolute Gasteiger partial charge is 0.0357 e. The molecule has 0 bridgehead atoms. The van der Waals surface area contributed by atoms with Gasteiger partial charge in [-0.1, -0.05) is 20.3 Å². The van der Waals surface area contributed by atoms with Crippen LogP contribution in [0, 0.1) is 0 Å². The minimum atomic E-state index is 0.972. The summed E-state index contributed by atoms with van der Waals surface area (Å²) in [6.45, 7) is 6.47. The zero-order valence-corrected chi connectivity index (χ0v) is 8.69. The Morgan fingerprint density at radius 1 is 1.23 bits per heavy atom. The van der Waals surface area contributed by atoms with Gasteiger partial charge in [0.2, 0.25) is 0 Å². The summed E-state index contributed by atoms with van der Waals surface area (Å²) in [6, 6.07) is 4.33.